The lowest BCUT2D eigenvalue weighted by molar-refractivity contribution is -0.275. The topological polar surface area (TPSA) is 42.4 Å². The Kier molecular flexibility index (Phi) is 3.87. The Bertz CT molecular complexity index is 372. The molecule has 0 aromatic carbocycles. The van der Waals surface area contributed by atoms with Gasteiger partial charge >= 0.3 is 6.36 Å². The fourth-order valence-electron chi connectivity index (χ4n) is 0.804. The normalized spacial score (nSPS) is 11.5. The van der Waals surface area contributed by atoms with Gasteiger partial charge in [-0.1, -0.05) is 0 Å². The van der Waals surface area contributed by atoms with Crippen molar-refractivity contribution in [1.29, 1.82) is 0 Å². The molecule has 0 saturated heterocycles. The van der Waals surface area contributed by atoms with Gasteiger partial charge in [-0.3, -0.25) is 0 Å². The van der Waals surface area contributed by atoms with Gasteiger partial charge in [0.05, 0.1) is 11.6 Å². The van der Waals surface area contributed by atoms with Crippen molar-refractivity contribution in [1.82, 2.24) is 4.98 Å². The van der Waals surface area contributed by atoms with E-state index in [-0.39, 0.29) is 15.3 Å². The molecule has 3 nitrogen and oxygen atoms in total. The Balaban J connectivity index is 3.11. The molecule has 1 aromatic heterocycles. The van der Waals surface area contributed by atoms with E-state index in [4.69, 9.17) is 11.6 Å². The largest absolute Gasteiger partial charge is 0.573 e. The van der Waals surface area contributed by atoms with Crippen molar-refractivity contribution in [2.24, 2.45) is 0 Å². The summed E-state index contributed by atoms with van der Waals surface area (Å²) in [7, 11) is 0. The lowest BCUT2D eigenvalue weighted by Crippen LogP contribution is -2.17. The van der Waals surface area contributed by atoms with E-state index in [1.54, 1.807) is 22.6 Å². The van der Waals surface area contributed by atoms with Gasteiger partial charge in [-0.2, -0.15) is 0 Å². The number of aromatic nitrogens is 1. The minimum Gasteiger partial charge on any atom is -0.502 e. The molecule has 1 N–H and O–H groups in total. The highest BCUT2D eigenvalue weighted by Gasteiger charge is 2.33. The highest BCUT2D eigenvalue weighted by molar-refractivity contribution is 14.1. The first-order valence-electron chi connectivity index (χ1n) is 3.53. The van der Waals surface area contributed by atoms with Crippen molar-refractivity contribution in [2.75, 3.05) is 0 Å². The number of rotatable bonds is 2. The van der Waals surface area contributed by atoms with E-state index in [1.807, 2.05) is 0 Å². The van der Waals surface area contributed by atoms with Crippen LogP contribution >= 0.6 is 34.2 Å². The lowest BCUT2D eigenvalue weighted by Gasteiger charge is -2.11. The average molecular weight is 353 g/mol. The molecular weight excluding hydrogens is 349 g/mol. The highest BCUT2D eigenvalue weighted by Crippen LogP contribution is 2.34. The monoisotopic (exact) mass is 353 g/mol. The first kappa shape index (κ1) is 12.6. The van der Waals surface area contributed by atoms with E-state index in [0.29, 0.717) is 0 Å². The van der Waals surface area contributed by atoms with E-state index in [1.165, 1.54) is 0 Å². The maximum Gasteiger partial charge on any atom is 0.573 e. The number of aromatic hydroxyl groups is 1. The van der Waals surface area contributed by atoms with Gasteiger partial charge in [-0.05, 0) is 22.6 Å². The molecule has 0 aliphatic rings. The number of hydrogen-bond donors (Lipinski definition) is 1. The molecule has 0 atom stereocenters. The molecule has 8 heteroatoms. The van der Waals surface area contributed by atoms with Crippen molar-refractivity contribution in [3.05, 3.63) is 15.5 Å². The third-order valence-electron chi connectivity index (χ3n) is 1.33. The number of hydrogen-bond acceptors (Lipinski definition) is 3. The summed E-state index contributed by atoms with van der Waals surface area (Å²) in [6.45, 7) is 0. The van der Waals surface area contributed by atoms with Gasteiger partial charge in [0.2, 0.25) is 0 Å². The summed E-state index contributed by atoms with van der Waals surface area (Å²) < 4.78 is 39.3. The fraction of sp³-hybridized carbons (Fsp3) is 0.286. The summed E-state index contributed by atoms with van der Waals surface area (Å²) in [6.07, 6.45) is -4.86. The smallest absolute Gasteiger partial charge is 0.502 e. The SMILES string of the molecule is Oc1c(OC(F)(F)F)cc(CCl)nc1I. The zero-order chi connectivity index (χ0) is 11.6. The van der Waals surface area contributed by atoms with E-state index in [2.05, 4.69) is 9.72 Å². The quantitative estimate of drug-likeness (QED) is 0.505. The van der Waals surface area contributed by atoms with E-state index < -0.39 is 17.9 Å². The maximum atomic E-state index is 11.9. The lowest BCUT2D eigenvalue weighted by atomic mass is 10.3. The van der Waals surface area contributed by atoms with Gasteiger partial charge < -0.3 is 9.84 Å². The Labute approximate surface area is 101 Å². The zero-order valence-corrected chi connectivity index (χ0v) is 9.89. The van der Waals surface area contributed by atoms with Crippen LogP contribution in [0.5, 0.6) is 11.5 Å². The van der Waals surface area contributed by atoms with Gasteiger partial charge in [0.15, 0.2) is 11.5 Å². The minimum atomic E-state index is -4.86. The molecule has 0 unspecified atom stereocenters. The second kappa shape index (κ2) is 4.60. The molecule has 0 saturated carbocycles. The standard InChI is InChI=1S/C7H4ClF3INO2/c8-2-3-1-4(15-7(9,10)11)5(14)6(12)13-3/h1,14H,2H2. The van der Waals surface area contributed by atoms with Crippen LogP contribution in [0.2, 0.25) is 0 Å². The Morgan fingerprint density at radius 1 is 1.53 bits per heavy atom. The Morgan fingerprint density at radius 3 is 2.60 bits per heavy atom. The molecule has 0 spiro atoms. The number of halogens is 5. The van der Waals surface area contributed by atoms with Gasteiger partial charge in [0.25, 0.3) is 0 Å². The van der Waals surface area contributed by atoms with Gasteiger partial charge in [0, 0.05) is 6.07 Å². The molecule has 0 aliphatic carbocycles. The summed E-state index contributed by atoms with van der Waals surface area (Å²) in [5.41, 5.74) is 0.193. The van der Waals surface area contributed by atoms with Crippen molar-refractivity contribution >= 4 is 34.2 Å². The van der Waals surface area contributed by atoms with Crippen molar-refractivity contribution in [3.8, 4) is 11.5 Å². The van der Waals surface area contributed by atoms with Crippen LogP contribution in [-0.4, -0.2) is 16.5 Å². The number of nitrogens with zero attached hydrogens (tertiary/aromatic N) is 1. The molecule has 0 amide bonds. The first-order valence-corrected chi connectivity index (χ1v) is 5.15. The molecular formula is C7H4ClF3INO2. The molecule has 15 heavy (non-hydrogen) atoms. The van der Waals surface area contributed by atoms with Crippen LogP contribution in [0.3, 0.4) is 0 Å². The van der Waals surface area contributed by atoms with Crippen LogP contribution in [0.15, 0.2) is 6.07 Å². The van der Waals surface area contributed by atoms with Gasteiger partial charge in [-0.15, -0.1) is 24.8 Å². The van der Waals surface area contributed by atoms with Crippen molar-refractivity contribution in [3.63, 3.8) is 0 Å². The molecule has 0 radical (unpaired) electrons. The third kappa shape index (κ3) is 3.56. The molecule has 1 rings (SSSR count). The van der Waals surface area contributed by atoms with Crippen LogP contribution in [0.4, 0.5) is 13.2 Å². The molecule has 0 aliphatic heterocycles. The molecule has 0 bridgehead atoms. The maximum absolute atomic E-state index is 11.9. The van der Waals surface area contributed by atoms with E-state index >= 15 is 0 Å². The fourth-order valence-corrected chi connectivity index (χ4v) is 1.52. The van der Waals surface area contributed by atoms with Crippen LogP contribution in [0, 0.1) is 3.70 Å². The van der Waals surface area contributed by atoms with Crippen LogP contribution in [0.1, 0.15) is 5.69 Å². The highest BCUT2D eigenvalue weighted by atomic mass is 127. The van der Waals surface area contributed by atoms with Crippen LogP contribution < -0.4 is 4.74 Å². The average Bonchev–Trinajstić information content (AvgIpc) is 2.10. The Morgan fingerprint density at radius 2 is 2.13 bits per heavy atom. The molecule has 84 valence electrons. The van der Waals surface area contributed by atoms with Gasteiger partial charge in [-0.25, -0.2) is 4.98 Å². The zero-order valence-electron chi connectivity index (χ0n) is 6.98. The second-order valence-electron chi connectivity index (χ2n) is 2.43. The van der Waals surface area contributed by atoms with Crippen molar-refractivity contribution < 1.29 is 23.0 Å². The number of ether oxygens (including phenoxy) is 1. The van der Waals surface area contributed by atoms with E-state index in [0.717, 1.165) is 6.07 Å². The van der Waals surface area contributed by atoms with Gasteiger partial charge in [0.1, 0.15) is 3.70 Å². The number of alkyl halides is 4. The summed E-state index contributed by atoms with van der Waals surface area (Å²) >= 11 is 6.99. The summed E-state index contributed by atoms with van der Waals surface area (Å²) in [5, 5.41) is 9.24. The molecule has 1 heterocycles. The van der Waals surface area contributed by atoms with Crippen molar-refractivity contribution in [2.45, 2.75) is 12.2 Å². The predicted octanol–water partition coefficient (Wildman–Crippen LogP) is 3.03. The first-order chi connectivity index (χ1) is 6.83. The Hall–Kier alpha value is -0.440. The number of pyridine rings is 1. The van der Waals surface area contributed by atoms with E-state index in [9.17, 15) is 18.3 Å². The predicted molar refractivity (Wildman–Crippen MR) is 54.9 cm³/mol. The van der Waals surface area contributed by atoms with Crippen LogP contribution in [0.25, 0.3) is 0 Å². The summed E-state index contributed by atoms with van der Waals surface area (Å²) in [4.78, 5) is 3.74. The third-order valence-corrected chi connectivity index (χ3v) is 2.36. The van der Waals surface area contributed by atoms with Crippen LogP contribution in [-0.2, 0) is 5.88 Å². The second-order valence-corrected chi connectivity index (χ2v) is 3.72. The minimum absolute atomic E-state index is 0.00463. The molecule has 1 aromatic rings. The molecule has 0 fully saturated rings. The summed E-state index contributed by atoms with van der Waals surface area (Å²) in [6, 6.07) is 0.942. The summed E-state index contributed by atoms with van der Waals surface area (Å²) in [5.74, 6) is -1.41.